The van der Waals surface area contributed by atoms with E-state index in [1.54, 1.807) is 12.3 Å². The number of amides is 1. The van der Waals surface area contributed by atoms with Crippen LogP contribution in [0.1, 0.15) is 24.8 Å². The number of pyridine rings is 1. The lowest BCUT2D eigenvalue weighted by Crippen LogP contribution is -2.22. The van der Waals surface area contributed by atoms with Crippen LogP contribution in [0.2, 0.25) is 5.15 Å². The second kappa shape index (κ2) is 5.57. The van der Waals surface area contributed by atoms with Crippen LogP contribution in [0, 0.1) is 18.8 Å². The minimum atomic E-state index is -0.828. The number of halogens is 1. The third kappa shape index (κ3) is 3.04. The maximum atomic E-state index is 12.1. The second-order valence-electron chi connectivity index (χ2n) is 4.83. The van der Waals surface area contributed by atoms with E-state index in [1.165, 1.54) is 0 Å². The Bertz CT molecular complexity index is 498. The van der Waals surface area contributed by atoms with E-state index in [-0.39, 0.29) is 17.0 Å². The van der Waals surface area contributed by atoms with E-state index in [9.17, 15) is 9.59 Å². The largest absolute Gasteiger partial charge is 0.481 e. The minimum absolute atomic E-state index is 0.179. The van der Waals surface area contributed by atoms with Crippen LogP contribution in [-0.2, 0) is 9.59 Å². The Labute approximate surface area is 116 Å². The van der Waals surface area contributed by atoms with Crippen molar-refractivity contribution >= 4 is 29.2 Å². The van der Waals surface area contributed by atoms with Gasteiger partial charge in [-0.25, -0.2) is 4.98 Å². The number of aryl methyl sites for hydroxylation is 1. The van der Waals surface area contributed by atoms with Gasteiger partial charge in [-0.3, -0.25) is 9.59 Å². The molecule has 1 heterocycles. The fraction of sp³-hybridized carbons (Fsp3) is 0.462. The number of nitrogens with zero attached hydrogens (tertiary/aromatic N) is 1. The first kappa shape index (κ1) is 13.8. The van der Waals surface area contributed by atoms with Crippen LogP contribution in [0.5, 0.6) is 0 Å². The zero-order valence-corrected chi connectivity index (χ0v) is 11.3. The maximum absolute atomic E-state index is 12.1. The van der Waals surface area contributed by atoms with Gasteiger partial charge in [0.2, 0.25) is 5.91 Å². The number of carbonyl (C=O) groups is 2. The molecule has 0 saturated heterocycles. The third-order valence-corrected chi connectivity index (χ3v) is 3.80. The van der Waals surface area contributed by atoms with Gasteiger partial charge in [0.25, 0.3) is 0 Å². The molecule has 6 heteroatoms. The summed E-state index contributed by atoms with van der Waals surface area (Å²) in [6.45, 7) is 1.83. The zero-order chi connectivity index (χ0) is 14.0. The Morgan fingerprint density at radius 3 is 2.68 bits per heavy atom. The molecule has 0 aromatic carbocycles. The Kier molecular flexibility index (Phi) is 4.04. The molecule has 0 aliphatic heterocycles. The first-order chi connectivity index (χ1) is 8.99. The number of carboxylic acid groups (broad SMARTS) is 1. The first-order valence-electron chi connectivity index (χ1n) is 6.13. The van der Waals surface area contributed by atoms with Gasteiger partial charge in [0, 0.05) is 12.1 Å². The summed E-state index contributed by atoms with van der Waals surface area (Å²) in [5, 5.41) is 11.9. The fourth-order valence-corrected chi connectivity index (χ4v) is 2.60. The van der Waals surface area contributed by atoms with E-state index in [0.717, 1.165) is 5.56 Å². The summed E-state index contributed by atoms with van der Waals surface area (Å²) in [6.07, 6.45) is 3.11. The van der Waals surface area contributed by atoms with Crippen molar-refractivity contribution in [3.63, 3.8) is 0 Å². The van der Waals surface area contributed by atoms with Crippen molar-refractivity contribution in [1.82, 2.24) is 4.98 Å². The lowest BCUT2D eigenvalue weighted by Gasteiger charge is -2.13. The number of nitrogens with one attached hydrogen (secondary N) is 1. The molecule has 5 nitrogen and oxygen atoms in total. The highest BCUT2D eigenvalue weighted by atomic mass is 35.5. The minimum Gasteiger partial charge on any atom is -0.481 e. The molecular weight excluding hydrogens is 268 g/mol. The fourth-order valence-electron chi connectivity index (χ4n) is 2.34. The van der Waals surface area contributed by atoms with Gasteiger partial charge in [0.1, 0.15) is 0 Å². The van der Waals surface area contributed by atoms with Crippen molar-refractivity contribution in [3.05, 3.63) is 23.0 Å². The van der Waals surface area contributed by atoms with Crippen LogP contribution in [0.15, 0.2) is 12.3 Å². The summed E-state index contributed by atoms with van der Waals surface area (Å²) < 4.78 is 0. The zero-order valence-electron chi connectivity index (χ0n) is 10.5. The summed E-state index contributed by atoms with van der Waals surface area (Å²) in [7, 11) is 0. The summed E-state index contributed by atoms with van der Waals surface area (Å²) >= 11 is 5.94. The molecule has 102 valence electrons. The predicted octanol–water partition coefficient (Wildman–Crippen LogP) is 2.48. The Balaban J connectivity index is 2.04. The molecule has 2 atom stereocenters. The molecule has 0 radical (unpaired) electrons. The van der Waals surface area contributed by atoms with Crippen LogP contribution < -0.4 is 5.32 Å². The van der Waals surface area contributed by atoms with Gasteiger partial charge in [-0.15, -0.1) is 0 Å². The monoisotopic (exact) mass is 282 g/mol. The number of anilines is 1. The molecule has 1 aromatic heterocycles. The smallest absolute Gasteiger partial charge is 0.306 e. The molecule has 1 amide bonds. The molecule has 1 fully saturated rings. The van der Waals surface area contributed by atoms with Crippen molar-refractivity contribution < 1.29 is 14.7 Å². The number of hydrogen-bond donors (Lipinski definition) is 2. The van der Waals surface area contributed by atoms with Crippen LogP contribution in [0.4, 0.5) is 5.69 Å². The number of aromatic nitrogens is 1. The molecule has 1 aliphatic rings. The number of carboxylic acids is 1. The van der Waals surface area contributed by atoms with E-state index < -0.39 is 11.9 Å². The Hall–Kier alpha value is -1.62. The molecule has 1 aliphatic carbocycles. The molecule has 0 bridgehead atoms. The van der Waals surface area contributed by atoms with E-state index in [0.29, 0.717) is 24.9 Å². The van der Waals surface area contributed by atoms with Crippen molar-refractivity contribution in [2.75, 3.05) is 5.32 Å². The van der Waals surface area contributed by atoms with Crippen molar-refractivity contribution in [2.24, 2.45) is 11.8 Å². The topological polar surface area (TPSA) is 79.3 Å². The molecule has 2 rings (SSSR count). The summed E-state index contributed by atoms with van der Waals surface area (Å²) in [4.78, 5) is 26.9. The number of hydrogen-bond acceptors (Lipinski definition) is 3. The Morgan fingerprint density at radius 2 is 2.11 bits per heavy atom. The molecular formula is C13H15ClN2O3. The van der Waals surface area contributed by atoms with E-state index >= 15 is 0 Å². The van der Waals surface area contributed by atoms with E-state index in [2.05, 4.69) is 10.3 Å². The van der Waals surface area contributed by atoms with Gasteiger partial charge in [-0.1, -0.05) is 11.6 Å². The van der Waals surface area contributed by atoms with Crippen molar-refractivity contribution in [2.45, 2.75) is 26.2 Å². The van der Waals surface area contributed by atoms with Gasteiger partial charge >= 0.3 is 5.97 Å². The summed E-state index contributed by atoms with van der Waals surface area (Å²) in [6, 6.07) is 1.76. The molecule has 2 N–H and O–H groups in total. The molecule has 2 unspecified atom stereocenters. The lowest BCUT2D eigenvalue weighted by molar-refractivity contribution is -0.141. The molecule has 19 heavy (non-hydrogen) atoms. The van der Waals surface area contributed by atoms with Gasteiger partial charge in [0.15, 0.2) is 5.15 Å². The van der Waals surface area contributed by atoms with Crippen LogP contribution in [-0.4, -0.2) is 22.0 Å². The Morgan fingerprint density at radius 1 is 1.42 bits per heavy atom. The average Bonchev–Trinajstić information content (AvgIpc) is 2.83. The maximum Gasteiger partial charge on any atom is 0.306 e. The highest BCUT2D eigenvalue weighted by Crippen LogP contribution is 2.33. The number of carbonyl (C=O) groups excluding carboxylic acids is 1. The van der Waals surface area contributed by atoms with Crippen molar-refractivity contribution in [1.29, 1.82) is 0 Å². The lowest BCUT2D eigenvalue weighted by atomic mass is 10.0. The number of aliphatic carboxylic acids is 1. The van der Waals surface area contributed by atoms with Gasteiger partial charge < -0.3 is 10.4 Å². The van der Waals surface area contributed by atoms with Crippen molar-refractivity contribution in [3.8, 4) is 0 Å². The molecule has 0 spiro atoms. The SMILES string of the molecule is Cc1ccnc(Cl)c1NC(=O)C1CCC(C(=O)O)C1. The number of rotatable bonds is 3. The van der Waals surface area contributed by atoms with Gasteiger partial charge in [-0.2, -0.15) is 0 Å². The van der Waals surface area contributed by atoms with Gasteiger partial charge in [0.05, 0.1) is 11.6 Å². The molecule has 1 saturated carbocycles. The average molecular weight is 283 g/mol. The standard InChI is InChI=1S/C13H15ClN2O3/c1-7-4-5-15-11(14)10(7)16-12(17)8-2-3-9(6-8)13(18)19/h4-5,8-9H,2-3,6H2,1H3,(H,16,17)(H,18,19). The van der Waals surface area contributed by atoms with Crippen LogP contribution in [0.25, 0.3) is 0 Å². The normalized spacial score (nSPS) is 22.2. The second-order valence-corrected chi connectivity index (χ2v) is 5.19. The first-order valence-corrected chi connectivity index (χ1v) is 6.51. The molecule has 1 aromatic rings. The summed E-state index contributed by atoms with van der Waals surface area (Å²) in [5.74, 6) is -1.69. The van der Waals surface area contributed by atoms with Crippen LogP contribution in [0.3, 0.4) is 0 Å². The van der Waals surface area contributed by atoms with Gasteiger partial charge in [-0.05, 0) is 37.8 Å². The van der Waals surface area contributed by atoms with E-state index in [4.69, 9.17) is 16.7 Å². The van der Waals surface area contributed by atoms with Crippen LogP contribution >= 0.6 is 11.6 Å². The summed E-state index contributed by atoms with van der Waals surface area (Å²) in [5.41, 5.74) is 1.34. The quantitative estimate of drug-likeness (QED) is 0.835. The highest BCUT2D eigenvalue weighted by Gasteiger charge is 2.34. The highest BCUT2D eigenvalue weighted by molar-refractivity contribution is 6.32. The third-order valence-electron chi connectivity index (χ3n) is 3.51. The van der Waals surface area contributed by atoms with E-state index in [1.807, 2.05) is 6.92 Å². The predicted molar refractivity (Wildman–Crippen MR) is 71.1 cm³/mol.